The van der Waals surface area contributed by atoms with Crippen LogP contribution in [0.5, 0.6) is 0 Å². The van der Waals surface area contributed by atoms with Gasteiger partial charge in [-0.1, -0.05) is 140 Å². The van der Waals surface area contributed by atoms with Crippen molar-refractivity contribution in [1.29, 1.82) is 0 Å². The fourth-order valence-electron chi connectivity index (χ4n) is 8.07. The largest absolute Gasteiger partial charge is 0.308 e. The summed E-state index contributed by atoms with van der Waals surface area (Å²) in [6, 6.07) is 69.2. The molecule has 0 radical (unpaired) electrons. The average Bonchev–Trinajstić information content (AvgIpc) is 3.81. The number of hydrogen-bond acceptors (Lipinski definition) is 3. The molecule has 0 spiro atoms. The second-order valence-corrected chi connectivity index (χ2v) is 15.8. The maximum Gasteiger partial charge on any atom is 0.0640 e. The van der Waals surface area contributed by atoms with Gasteiger partial charge in [0.2, 0.25) is 0 Å². The Morgan fingerprint density at radius 1 is 0.340 bits per heavy atom. The lowest BCUT2D eigenvalue weighted by Gasteiger charge is -2.28. The molecule has 0 aliphatic rings. The minimum atomic E-state index is 1.13. The minimum Gasteiger partial charge on any atom is -0.308 e. The van der Waals surface area contributed by atoms with Crippen LogP contribution in [0.2, 0.25) is 0 Å². The first-order valence-corrected chi connectivity index (χ1v) is 19.6. The molecule has 11 rings (SSSR count). The number of rotatable bonds is 5. The SMILES string of the molecule is c1ccc2cc(-c3ccc(N(c4cccc5c4sc4ccccc45)c4ccc(-c5ccc6ccccc6c5)c5sc6ccccc6c45)cc3)ccc2c1. The Balaban J connectivity index is 1.16. The van der Waals surface area contributed by atoms with Gasteiger partial charge in [0, 0.05) is 41.3 Å². The molecule has 0 aliphatic carbocycles. The van der Waals surface area contributed by atoms with Crippen LogP contribution in [-0.2, 0) is 0 Å². The standard InChI is InChI=1S/C50H31NS2/c1-3-12-35-30-37(22-20-32(35)10-1)34-24-26-39(27-25-34)51(45-17-9-16-42-41-14-5-7-18-46(41)52-49(42)45)44-29-28-40(38-23-21-33-11-2-4-13-36(33)31-38)50-48(44)43-15-6-8-19-47(43)53-50/h1-31H. The maximum atomic E-state index is 2.51. The van der Waals surface area contributed by atoms with E-state index < -0.39 is 0 Å². The first-order chi connectivity index (χ1) is 26.3. The summed E-state index contributed by atoms with van der Waals surface area (Å²) >= 11 is 3.77. The van der Waals surface area contributed by atoms with Gasteiger partial charge in [0.05, 0.1) is 16.1 Å². The van der Waals surface area contributed by atoms with E-state index in [9.17, 15) is 0 Å². The molecule has 11 aromatic rings. The van der Waals surface area contributed by atoms with Crippen LogP contribution in [0, 0.1) is 0 Å². The molecular formula is C50H31NS2. The van der Waals surface area contributed by atoms with Gasteiger partial charge in [-0.3, -0.25) is 0 Å². The van der Waals surface area contributed by atoms with Crippen molar-refractivity contribution in [3.8, 4) is 22.3 Å². The number of thiophene rings is 2. The zero-order chi connectivity index (χ0) is 34.9. The second-order valence-electron chi connectivity index (χ2n) is 13.7. The van der Waals surface area contributed by atoms with Crippen molar-refractivity contribution in [3.63, 3.8) is 0 Å². The van der Waals surface area contributed by atoms with E-state index in [1.165, 1.54) is 95.5 Å². The second kappa shape index (κ2) is 12.2. The smallest absolute Gasteiger partial charge is 0.0640 e. The maximum absolute atomic E-state index is 2.51. The van der Waals surface area contributed by atoms with E-state index >= 15 is 0 Å². The summed E-state index contributed by atoms with van der Waals surface area (Å²) in [5, 5.41) is 10.2. The molecule has 0 amide bonds. The fourth-order valence-corrected chi connectivity index (χ4v) is 10.5. The molecule has 9 aromatic carbocycles. The molecule has 2 heterocycles. The van der Waals surface area contributed by atoms with E-state index in [-0.39, 0.29) is 0 Å². The van der Waals surface area contributed by atoms with Crippen molar-refractivity contribution < 1.29 is 0 Å². The molecule has 0 bridgehead atoms. The number of nitrogens with zero attached hydrogens (tertiary/aromatic N) is 1. The van der Waals surface area contributed by atoms with Crippen LogP contribution < -0.4 is 4.90 Å². The summed E-state index contributed by atoms with van der Waals surface area (Å²) in [6.45, 7) is 0. The van der Waals surface area contributed by atoms with Crippen molar-refractivity contribution in [1.82, 2.24) is 0 Å². The summed E-state index contributed by atoms with van der Waals surface area (Å²) in [6.07, 6.45) is 0. The molecular weight excluding hydrogens is 679 g/mol. The molecule has 248 valence electrons. The highest BCUT2D eigenvalue weighted by Gasteiger charge is 2.23. The topological polar surface area (TPSA) is 3.24 Å². The Hall–Kier alpha value is -6.26. The van der Waals surface area contributed by atoms with E-state index in [4.69, 9.17) is 0 Å². The summed E-state index contributed by atoms with van der Waals surface area (Å²) in [5.41, 5.74) is 8.45. The number of anilines is 3. The summed E-state index contributed by atoms with van der Waals surface area (Å²) in [4.78, 5) is 2.51. The van der Waals surface area contributed by atoms with Gasteiger partial charge in [0.25, 0.3) is 0 Å². The predicted octanol–water partition coefficient (Wildman–Crippen LogP) is 15.5. The molecule has 0 saturated carbocycles. The van der Waals surface area contributed by atoms with Crippen LogP contribution in [0.15, 0.2) is 188 Å². The van der Waals surface area contributed by atoms with E-state index in [0.29, 0.717) is 0 Å². The van der Waals surface area contributed by atoms with Crippen LogP contribution in [0.3, 0.4) is 0 Å². The molecule has 3 heteroatoms. The fraction of sp³-hybridized carbons (Fsp3) is 0. The summed E-state index contributed by atoms with van der Waals surface area (Å²) in [7, 11) is 0. The van der Waals surface area contributed by atoms with Gasteiger partial charge in [-0.25, -0.2) is 0 Å². The lowest BCUT2D eigenvalue weighted by Crippen LogP contribution is -2.10. The van der Waals surface area contributed by atoms with Crippen LogP contribution >= 0.6 is 22.7 Å². The Labute approximate surface area is 315 Å². The summed E-state index contributed by atoms with van der Waals surface area (Å²) < 4.78 is 5.20. The predicted molar refractivity (Wildman–Crippen MR) is 233 cm³/mol. The molecule has 0 unspecified atom stereocenters. The normalized spacial score (nSPS) is 11.8. The van der Waals surface area contributed by atoms with Crippen molar-refractivity contribution in [2.24, 2.45) is 0 Å². The third-order valence-electron chi connectivity index (χ3n) is 10.6. The minimum absolute atomic E-state index is 1.13. The Kier molecular flexibility index (Phi) is 6.97. The van der Waals surface area contributed by atoms with E-state index in [1.54, 1.807) is 0 Å². The molecule has 0 fully saturated rings. The monoisotopic (exact) mass is 709 g/mol. The van der Waals surface area contributed by atoms with Gasteiger partial charge in [-0.05, 0) is 92.3 Å². The van der Waals surface area contributed by atoms with Crippen molar-refractivity contribution >= 4 is 102 Å². The van der Waals surface area contributed by atoms with Gasteiger partial charge >= 0.3 is 0 Å². The molecule has 53 heavy (non-hydrogen) atoms. The number of hydrogen-bond donors (Lipinski definition) is 0. The summed E-state index contributed by atoms with van der Waals surface area (Å²) in [5.74, 6) is 0. The van der Waals surface area contributed by atoms with Gasteiger partial charge in [0.15, 0.2) is 0 Å². The van der Waals surface area contributed by atoms with Gasteiger partial charge < -0.3 is 4.90 Å². The zero-order valence-electron chi connectivity index (χ0n) is 28.7. The van der Waals surface area contributed by atoms with Gasteiger partial charge in [0.1, 0.15) is 0 Å². The Morgan fingerprint density at radius 3 is 1.66 bits per heavy atom. The Morgan fingerprint density at radius 2 is 0.906 bits per heavy atom. The highest BCUT2D eigenvalue weighted by atomic mass is 32.1. The van der Waals surface area contributed by atoms with Crippen molar-refractivity contribution in [2.75, 3.05) is 4.90 Å². The quantitative estimate of drug-likeness (QED) is 0.172. The molecule has 0 saturated heterocycles. The first kappa shape index (κ1) is 30.4. The third kappa shape index (κ3) is 4.97. The zero-order valence-corrected chi connectivity index (χ0v) is 30.3. The highest BCUT2D eigenvalue weighted by Crippen LogP contribution is 2.51. The van der Waals surface area contributed by atoms with Crippen LogP contribution in [-0.4, -0.2) is 0 Å². The molecule has 0 N–H and O–H groups in total. The van der Waals surface area contributed by atoms with Crippen LogP contribution in [0.25, 0.3) is 84.1 Å². The van der Waals surface area contributed by atoms with Crippen LogP contribution in [0.4, 0.5) is 17.1 Å². The van der Waals surface area contributed by atoms with Crippen molar-refractivity contribution in [2.45, 2.75) is 0 Å². The van der Waals surface area contributed by atoms with E-state index in [2.05, 4.69) is 193 Å². The lowest BCUT2D eigenvalue weighted by molar-refractivity contribution is 1.32. The third-order valence-corrected chi connectivity index (χ3v) is 13.1. The molecule has 1 nitrogen and oxygen atoms in total. The van der Waals surface area contributed by atoms with E-state index in [1.807, 2.05) is 22.7 Å². The van der Waals surface area contributed by atoms with Crippen LogP contribution in [0.1, 0.15) is 0 Å². The lowest BCUT2D eigenvalue weighted by atomic mass is 9.97. The Bertz CT molecular complexity index is 3180. The molecule has 2 aromatic heterocycles. The molecule has 0 aliphatic heterocycles. The van der Waals surface area contributed by atoms with Crippen molar-refractivity contribution in [3.05, 3.63) is 188 Å². The molecule has 0 atom stereocenters. The average molecular weight is 710 g/mol. The first-order valence-electron chi connectivity index (χ1n) is 18.0. The number of benzene rings is 9. The number of fused-ring (bicyclic) bond motifs is 8. The van der Waals surface area contributed by atoms with Gasteiger partial charge in [-0.15, -0.1) is 22.7 Å². The van der Waals surface area contributed by atoms with E-state index in [0.717, 1.165) is 5.69 Å². The van der Waals surface area contributed by atoms with Gasteiger partial charge in [-0.2, -0.15) is 0 Å². The highest BCUT2D eigenvalue weighted by molar-refractivity contribution is 7.27.